The zero-order valence-corrected chi connectivity index (χ0v) is 11.7. The van der Waals surface area contributed by atoms with Gasteiger partial charge in [0.05, 0.1) is 11.6 Å². The lowest BCUT2D eigenvalue weighted by Gasteiger charge is -2.16. The first-order valence-electron chi connectivity index (χ1n) is 6.15. The van der Waals surface area contributed by atoms with Crippen LogP contribution in [0.2, 0.25) is 0 Å². The van der Waals surface area contributed by atoms with Crippen molar-refractivity contribution in [3.63, 3.8) is 0 Å². The Morgan fingerprint density at radius 1 is 1.26 bits per heavy atom. The smallest absolute Gasteiger partial charge is 0.336 e. The van der Waals surface area contributed by atoms with Gasteiger partial charge in [-0.05, 0) is 43.0 Å². The Kier molecular flexibility index (Phi) is 4.67. The highest BCUT2D eigenvalue weighted by Crippen LogP contribution is 2.20. The van der Waals surface area contributed by atoms with E-state index in [1.165, 1.54) is 6.07 Å². The lowest BCUT2D eigenvalue weighted by molar-refractivity contribution is -0.118. The first-order chi connectivity index (χ1) is 8.73. The summed E-state index contributed by atoms with van der Waals surface area (Å²) in [7, 11) is 0. The number of rotatable bonds is 4. The van der Waals surface area contributed by atoms with Crippen molar-refractivity contribution in [2.24, 2.45) is 11.7 Å². The Morgan fingerprint density at radius 2 is 1.84 bits per heavy atom. The molecule has 0 saturated carbocycles. The standard InChI is InChI=1S/C14H20N2O3/c1-7(2)12(15)13(17)16-10-5-8(3)9(4)11(6-10)14(18)19/h5-7,12H,15H2,1-4H3,(H,16,17)(H,18,19)/t12-/m1/s1. The maximum absolute atomic E-state index is 11.8. The SMILES string of the molecule is Cc1cc(NC(=O)[C@H](N)C(C)C)cc(C(=O)O)c1C. The van der Waals surface area contributed by atoms with E-state index in [4.69, 9.17) is 10.8 Å². The van der Waals surface area contributed by atoms with E-state index < -0.39 is 12.0 Å². The summed E-state index contributed by atoms with van der Waals surface area (Å²) in [5.41, 5.74) is 7.90. The molecular weight excluding hydrogens is 244 g/mol. The molecule has 104 valence electrons. The quantitative estimate of drug-likeness (QED) is 0.774. The number of benzene rings is 1. The van der Waals surface area contributed by atoms with Crippen LogP contribution in [0.4, 0.5) is 5.69 Å². The second kappa shape index (κ2) is 5.84. The Bertz CT molecular complexity index is 510. The van der Waals surface area contributed by atoms with Gasteiger partial charge in [-0.3, -0.25) is 4.79 Å². The van der Waals surface area contributed by atoms with Crippen LogP contribution in [-0.4, -0.2) is 23.0 Å². The van der Waals surface area contributed by atoms with E-state index in [0.29, 0.717) is 11.3 Å². The van der Waals surface area contributed by atoms with Crippen LogP contribution in [0, 0.1) is 19.8 Å². The van der Waals surface area contributed by atoms with Gasteiger partial charge in [0, 0.05) is 5.69 Å². The molecule has 0 aliphatic rings. The van der Waals surface area contributed by atoms with Gasteiger partial charge in [-0.2, -0.15) is 0 Å². The monoisotopic (exact) mass is 264 g/mol. The van der Waals surface area contributed by atoms with Crippen LogP contribution in [0.1, 0.15) is 35.3 Å². The molecule has 0 aliphatic heterocycles. The van der Waals surface area contributed by atoms with Crippen molar-refractivity contribution in [2.45, 2.75) is 33.7 Å². The van der Waals surface area contributed by atoms with E-state index in [9.17, 15) is 9.59 Å². The molecule has 0 unspecified atom stereocenters. The number of aryl methyl sites for hydroxylation is 1. The fourth-order valence-corrected chi connectivity index (χ4v) is 1.68. The molecule has 0 aromatic heterocycles. The minimum atomic E-state index is -1.01. The van der Waals surface area contributed by atoms with Gasteiger partial charge >= 0.3 is 5.97 Å². The summed E-state index contributed by atoms with van der Waals surface area (Å²) in [5.74, 6) is -1.30. The summed E-state index contributed by atoms with van der Waals surface area (Å²) in [4.78, 5) is 23.0. The minimum Gasteiger partial charge on any atom is -0.478 e. The predicted molar refractivity (Wildman–Crippen MR) is 74.3 cm³/mol. The number of hydrogen-bond donors (Lipinski definition) is 3. The molecule has 1 atom stereocenters. The molecule has 4 N–H and O–H groups in total. The number of carboxylic acid groups (broad SMARTS) is 1. The topological polar surface area (TPSA) is 92.4 Å². The Balaban J connectivity index is 3.03. The van der Waals surface area contributed by atoms with E-state index in [1.54, 1.807) is 19.9 Å². The first-order valence-corrected chi connectivity index (χ1v) is 6.15. The first kappa shape index (κ1) is 15.2. The van der Waals surface area contributed by atoms with Crippen LogP contribution in [-0.2, 0) is 4.79 Å². The van der Waals surface area contributed by atoms with Crippen molar-refractivity contribution in [1.82, 2.24) is 0 Å². The van der Waals surface area contributed by atoms with Gasteiger partial charge in [-0.1, -0.05) is 13.8 Å². The Hall–Kier alpha value is -1.88. The van der Waals surface area contributed by atoms with Crippen molar-refractivity contribution in [3.05, 3.63) is 28.8 Å². The third kappa shape index (κ3) is 3.54. The highest BCUT2D eigenvalue weighted by atomic mass is 16.4. The third-order valence-electron chi connectivity index (χ3n) is 3.19. The van der Waals surface area contributed by atoms with Gasteiger partial charge in [0.25, 0.3) is 0 Å². The van der Waals surface area contributed by atoms with Gasteiger partial charge in [-0.25, -0.2) is 4.79 Å². The van der Waals surface area contributed by atoms with Crippen molar-refractivity contribution in [1.29, 1.82) is 0 Å². The lowest BCUT2D eigenvalue weighted by Crippen LogP contribution is -2.39. The van der Waals surface area contributed by atoms with Gasteiger partial charge in [0.2, 0.25) is 5.91 Å². The van der Waals surface area contributed by atoms with E-state index >= 15 is 0 Å². The van der Waals surface area contributed by atoms with Crippen molar-refractivity contribution >= 4 is 17.6 Å². The molecule has 0 aliphatic carbocycles. The molecule has 1 rings (SSSR count). The fourth-order valence-electron chi connectivity index (χ4n) is 1.68. The van der Waals surface area contributed by atoms with Gasteiger partial charge < -0.3 is 16.2 Å². The highest BCUT2D eigenvalue weighted by Gasteiger charge is 2.18. The maximum Gasteiger partial charge on any atom is 0.336 e. The number of nitrogens with two attached hydrogens (primary N) is 1. The number of amides is 1. The number of carbonyl (C=O) groups is 2. The van der Waals surface area contributed by atoms with Crippen LogP contribution in [0.3, 0.4) is 0 Å². The van der Waals surface area contributed by atoms with Crippen molar-refractivity contribution in [3.8, 4) is 0 Å². The van der Waals surface area contributed by atoms with Gasteiger partial charge in [0.1, 0.15) is 0 Å². The highest BCUT2D eigenvalue weighted by molar-refractivity contribution is 5.97. The number of anilines is 1. The molecule has 0 heterocycles. The Morgan fingerprint density at radius 3 is 2.32 bits per heavy atom. The minimum absolute atomic E-state index is 0.0190. The molecular formula is C14H20N2O3. The summed E-state index contributed by atoms with van der Waals surface area (Å²) in [5, 5.41) is 11.8. The molecule has 0 bridgehead atoms. The van der Waals surface area contributed by atoms with Crippen LogP contribution in [0.15, 0.2) is 12.1 Å². The van der Waals surface area contributed by atoms with Crippen LogP contribution in [0.25, 0.3) is 0 Å². The normalized spacial score (nSPS) is 12.3. The zero-order chi connectivity index (χ0) is 14.7. The molecule has 0 radical (unpaired) electrons. The largest absolute Gasteiger partial charge is 0.478 e. The molecule has 0 fully saturated rings. The molecule has 5 nitrogen and oxygen atoms in total. The molecule has 0 saturated heterocycles. The number of hydrogen-bond acceptors (Lipinski definition) is 3. The zero-order valence-electron chi connectivity index (χ0n) is 11.7. The van der Waals surface area contributed by atoms with Gasteiger partial charge in [-0.15, -0.1) is 0 Å². The lowest BCUT2D eigenvalue weighted by atomic mass is 10.0. The summed E-state index contributed by atoms with van der Waals surface area (Å²) in [6, 6.07) is 2.58. The molecule has 5 heteroatoms. The number of nitrogens with one attached hydrogen (secondary N) is 1. The molecule has 0 spiro atoms. The van der Waals surface area contributed by atoms with Crippen LogP contribution in [0.5, 0.6) is 0 Å². The summed E-state index contributed by atoms with van der Waals surface area (Å²) in [6.45, 7) is 7.25. The van der Waals surface area contributed by atoms with E-state index in [-0.39, 0.29) is 17.4 Å². The number of aromatic carboxylic acids is 1. The second-order valence-electron chi connectivity index (χ2n) is 5.03. The van der Waals surface area contributed by atoms with Crippen LogP contribution >= 0.6 is 0 Å². The molecule has 1 aromatic rings. The molecule has 1 amide bonds. The molecule has 1 aromatic carbocycles. The van der Waals surface area contributed by atoms with Gasteiger partial charge in [0.15, 0.2) is 0 Å². The molecule has 19 heavy (non-hydrogen) atoms. The summed E-state index contributed by atoms with van der Waals surface area (Å²) in [6.07, 6.45) is 0. The van der Waals surface area contributed by atoms with Crippen molar-refractivity contribution in [2.75, 3.05) is 5.32 Å². The summed E-state index contributed by atoms with van der Waals surface area (Å²) >= 11 is 0. The van der Waals surface area contributed by atoms with E-state index in [1.807, 2.05) is 13.8 Å². The fraction of sp³-hybridized carbons (Fsp3) is 0.429. The number of carbonyl (C=O) groups excluding carboxylic acids is 1. The average molecular weight is 264 g/mol. The van der Waals surface area contributed by atoms with Crippen molar-refractivity contribution < 1.29 is 14.7 Å². The summed E-state index contributed by atoms with van der Waals surface area (Å²) < 4.78 is 0. The number of carboxylic acids is 1. The average Bonchev–Trinajstić information content (AvgIpc) is 2.31. The Labute approximate surface area is 112 Å². The predicted octanol–water partition coefficient (Wildman–Crippen LogP) is 1.92. The van der Waals surface area contributed by atoms with E-state index in [0.717, 1.165) is 5.56 Å². The second-order valence-corrected chi connectivity index (χ2v) is 5.03. The van der Waals surface area contributed by atoms with E-state index in [2.05, 4.69) is 5.32 Å². The van der Waals surface area contributed by atoms with Crippen LogP contribution < -0.4 is 11.1 Å². The maximum atomic E-state index is 11.8. The third-order valence-corrected chi connectivity index (χ3v) is 3.19.